The molecule has 1 aliphatic rings. The smallest absolute Gasteiger partial charge is 0.407 e. The molecule has 6 nitrogen and oxygen atoms in total. The Morgan fingerprint density at radius 2 is 2.05 bits per heavy atom. The summed E-state index contributed by atoms with van der Waals surface area (Å²) in [4.78, 5) is 15.6. The SMILES string of the molecule is CC(C)(C)OC(=O)NC1CCC(c2cnc(N)o2)CC1. The number of nitrogen functional groups attached to an aromatic ring is 1. The number of carbonyl (C=O) groups is 1. The van der Waals surface area contributed by atoms with Gasteiger partial charge in [-0.1, -0.05) is 0 Å². The van der Waals surface area contributed by atoms with E-state index in [2.05, 4.69) is 10.3 Å². The summed E-state index contributed by atoms with van der Waals surface area (Å²) in [6.45, 7) is 5.58. The van der Waals surface area contributed by atoms with E-state index < -0.39 is 5.60 Å². The minimum absolute atomic E-state index is 0.168. The zero-order valence-electron chi connectivity index (χ0n) is 12.3. The number of nitrogens with one attached hydrogen (secondary N) is 1. The van der Waals surface area contributed by atoms with Crippen LogP contribution in [0.3, 0.4) is 0 Å². The van der Waals surface area contributed by atoms with E-state index >= 15 is 0 Å². The average Bonchev–Trinajstić information content (AvgIpc) is 2.74. The van der Waals surface area contributed by atoms with Crippen LogP contribution in [-0.4, -0.2) is 22.7 Å². The molecule has 1 amide bonds. The molecule has 0 saturated heterocycles. The number of amides is 1. The number of ether oxygens (including phenoxy) is 1. The number of nitrogens with two attached hydrogens (primary N) is 1. The lowest BCUT2D eigenvalue weighted by atomic mass is 9.85. The zero-order valence-corrected chi connectivity index (χ0v) is 12.3. The van der Waals surface area contributed by atoms with Crippen LogP contribution in [-0.2, 0) is 4.74 Å². The minimum Gasteiger partial charge on any atom is -0.444 e. The Morgan fingerprint density at radius 3 is 2.55 bits per heavy atom. The third kappa shape index (κ3) is 4.15. The molecule has 0 bridgehead atoms. The largest absolute Gasteiger partial charge is 0.444 e. The van der Waals surface area contributed by atoms with E-state index in [1.807, 2.05) is 20.8 Å². The topological polar surface area (TPSA) is 90.4 Å². The number of anilines is 1. The Labute approximate surface area is 119 Å². The molecule has 6 heteroatoms. The van der Waals surface area contributed by atoms with E-state index in [1.54, 1.807) is 6.20 Å². The molecule has 1 saturated carbocycles. The molecule has 2 rings (SSSR count). The van der Waals surface area contributed by atoms with Crippen molar-refractivity contribution in [3.8, 4) is 0 Å². The van der Waals surface area contributed by atoms with E-state index in [-0.39, 0.29) is 18.1 Å². The summed E-state index contributed by atoms with van der Waals surface area (Å²) in [5.41, 5.74) is 5.03. The fraction of sp³-hybridized carbons (Fsp3) is 0.714. The fourth-order valence-electron chi connectivity index (χ4n) is 2.49. The van der Waals surface area contributed by atoms with Crippen molar-refractivity contribution >= 4 is 12.1 Å². The molecule has 0 radical (unpaired) electrons. The van der Waals surface area contributed by atoms with E-state index in [1.165, 1.54) is 0 Å². The van der Waals surface area contributed by atoms with Gasteiger partial charge in [0.15, 0.2) is 0 Å². The van der Waals surface area contributed by atoms with E-state index in [9.17, 15) is 4.79 Å². The van der Waals surface area contributed by atoms with Crippen LogP contribution in [0.1, 0.15) is 58.1 Å². The Balaban J connectivity index is 1.78. The van der Waals surface area contributed by atoms with Gasteiger partial charge in [0.1, 0.15) is 11.4 Å². The summed E-state index contributed by atoms with van der Waals surface area (Å²) in [5, 5.41) is 2.92. The van der Waals surface area contributed by atoms with Crippen LogP contribution in [0.2, 0.25) is 0 Å². The first-order valence-electron chi connectivity index (χ1n) is 7.04. The predicted molar refractivity (Wildman–Crippen MR) is 75.3 cm³/mol. The highest BCUT2D eigenvalue weighted by molar-refractivity contribution is 5.68. The zero-order chi connectivity index (χ0) is 14.8. The van der Waals surface area contributed by atoms with Crippen LogP contribution >= 0.6 is 0 Å². The number of hydrogen-bond donors (Lipinski definition) is 2. The summed E-state index contributed by atoms with van der Waals surface area (Å²) in [5.74, 6) is 1.19. The van der Waals surface area contributed by atoms with E-state index in [4.69, 9.17) is 14.9 Å². The lowest BCUT2D eigenvalue weighted by Gasteiger charge is -2.29. The summed E-state index contributed by atoms with van der Waals surface area (Å²) >= 11 is 0. The highest BCUT2D eigenvalue weighted by Gasteiger charge is 2.27. The Kier molecular flexibility index (Phi) is 4.20. The number of hydrogen-bond acceptors (Lipinski definition) is 5. The first-order chi connectivity index (χ1) is 9.33. The molecule has 0 atom stereocenters. The molecule has 1 aromatic rings. The number of aromatic nitrogens is 1. The van der Waals surface area contributed by atoms with Crippen LogP contribution in [0, 0.1) is 0 Å². The number of carbonyl (C=O) groups excluding carboxylic acids is 1. The summed E-state index contributed by atoms with van der Waals surface area (Å²) in [6.07, 6.45) is 5.07. The molecule has 0 unspecified atom stereocenters. The minimum atomic E-state index is -0.460. The second kappa shape index (κ2) is 5.73. The van der Waals surface area contributed by atoms with Gasteiger partial charge in [0, 0.05) is 12.0 Å². The predicted octanol–water partition coefficient (Wildman–Crippen LogP) is 2.81. The van der Waals surface area contributed by atoms with Gasteiger partial charge < -0.3 is 20.2 Å². The quantitative estimate of drug-likeness (QED) is 0.869. The van der Waals surface area contributed by atoms with Crippen LogP contribution in [0.15, 0.2) is 10.6 Å². The number of nitrogens with zero attached hydrogens (tertiary/aromatic N) is 1. The summed E-state index contributed by atoms with van der Waals surface area (Å²) in [6, 6.07) is 0.385. The third-order valence-electron chi connectivity index (χ3n) is 3.39. The van der Waals surface area contributed by atoms with Crippen molar-refractivity contribution in [2.24, 2.45) is 0 Å². The Hall–Kier alpha value is -1.72. The molecule has 1 aromatic heterocycles. The summed E-state index contributed by atoms with van der Waals surface area (Å²) < 4.78 is 10.6. The second-order valence-electron chi connectivity index (χ2n) is 6.30. The fourth-order valence-corrected chi connectivity index (χ4v) is 2.49. The Morgan fingerprint density at radius 1 is 1.40 bits per heavy atom. The molecular formula is C14H23N3O3. The van der Waals surface area contributed by atoms with Gasteiger partial charge >= 0.3 is 6.09 Å². The molecule has 112 valence electrons. The van der Waals surface area contributed by atoms with E-state index in [0.29, 0.717) is 5.92 Å². The van der Waals surface area contributed by atoms with Gasteiger partial charge in [0.2, 0.25) is 0 Å². The Bertz CT molecular complexity index is 456. The van der Waals surface area contributed by atoms with Crippen LogP contribution in [0.4, 0.5) is 10.8 Å². The lowest BCUT2D eigenvalue weighted by Crippen LogP contribution is -2.40. The van der Waals surface area contributed by atoms with Crippen molar-refractivity contribution < 1.29 is 13.9 Å². The van der Waals surface area contributed by atoms with Gasteiger partial charge in [-0.25, -0.2) is 9.78 Å². The molecule has 3 N–H and O–H groups in total. The lowest BCUT2D eigenvalue weighted by molar-refractivity contribution is 0.0490. The van der Waals surface area contributed by atoms with Gasteiger partial charge in [0.25, 0.3) is 6.01 Å². The van der Waals surface area contributed by atoms with Crippen molar-refractivity contribution in [1.29, 1.82) is 0 Å². The maximum Gasteiger partial charge on any atom is 0.407 e. The standard InChI is InChI=1S/C14H23N3O3/c1-14(2,3)20-13(18)17-10-6-4-9(5-7-10)11-8-16-12(15)19-11/h8-10H,4-7H2,1-3H3,(H2,15,16)(H,17,18). The van der Waals surface area contributed by atoms with E-state index in [0.717, 1.165) is 31.4 Å². The number of alkyl carbamates (subject to hydrolysis) is 1. The first kappa shape index (κ1) is 14.7. The van der Waals surface area contributed by atoms with Crippen LogP contribution in [0.5, 0.6) is 0 Å². The third-order valence-corrected chi connectivity index (χ3v) is 3.39. The van der Waals surface area contributed by atoms with Gasteiger partial charge in [-0.15, -0.1) is 0 Å². The average molecular weight is 281 g/mol. The molecule has 0 aromatic carbocycles. The molecule has 0 aliphatic heterocycles. The molecule has 1 heterocycles. The van der Waals surface area contributed by atoms with Crippen molar-refractivity contribution in [3.63, 3.8) is 0 Å². The molecular weight excluding hydrogens is 258 g/mol. The van der Waals surface area contributed by atoms with Gasteiger partial charge in [0.05, 0.1) is 6.20 Å². The highest BCUT2D eigenvalue weighted by atomic mass is 16.6. The normalized spacial score (nSPS) is 23.4. The van der Waals surface area contributed by atoms with Crippen molar-refractivity contribution in [2.45, 2.75) is 64.0 Å². The molecule has 0 spiro atoms. The van der Waals surface area contributed by atoms with Crippen LogP contribution in [0.25, 0.3) is 0 Å². The van der Waals surface area contributed by atoms with Crippen molar-refractivity contribution in [2.75, 3.05) is 5.73 Å². The van der Waals surface area contributed by atoms with Gasteiger partial charge in [-0.3, -0.25) is 0 Å². The first-order valence-corrected chi connectivity index (χ1v) is 7.04. The molecule has 1 fully saturated rings. The van der Waals surface area contributed by atoms with Crippen molar-refractivity contribution in [3.05, 3.63) is 12.0 Å². The monoisotopic (exact) mass is 281 g/mol. The second-order valence-corrected chi connectivity index (χ2v) is 6.30. The molecule has 1 aliphatic carbocycles. The highest BCUT2D eigenvalue weighted by Crippen LogP contribution is 2.33. The number of rotatable bonds is 2. The van der Waals surface area contributed by atoms with Crippen LogP contribution < -0.4 is 11.1 Å². The summed E-state index contributed by atoms with van der Waals surface area (Å²) in [7, 11) is 0. The van der Waals surface area contributed by atoms with Gasteiger partial charge in [-0.05, 0) is 46.5 Å². The van der Waals surface area contributed by atoms with Crippen molar-refractivity contribution in [1.82, 2.24) is 10.3 Å². The maximum atomic E-state index is 11.7. The maximum absolute atomic E-state index is 11.7. The van der Waals surface area contributed by atoms with Gasteiger partial charge in [-0.2, -0.15) is 0 Å². The number of oxazole rings is 1. The molecule has 20 heavy (non-hydrogen) atoms.